The first-order valence-corrected chi connectivity index (χ1v) is 6.98. The van der Waals surface area contributed by atoms with Crippen molar-refractivity contribution in [2.45, 2.75) is 26.3 Å². The van der Waals surface area contributed by atoms with Crippen LogP contribution in [0.15, 0.2) is 0 Å². The van der Waals surface area contributed by atoms with Crippen molar-refractivity contribution in [2.75, 3.05) is 31.6 Å². The Kier molecular flexibility index (Phi) is 12.8. The van der Waals surface area contributed by atoms with Gasteiger partial charge in [0.1, 0.15) is 0 Å². The lowest BCUT2D eigenvalue weighted by molar-refractivity contribution is -0.133. The molecule has 0 saturated heterocycles. The van der Waals surface area contributed by atoms with Gasteiger partial charge in [-0.1, -0.05) is 6.92 Å². The number of hydrogen-bond acceptors (Lipinski definition) is 4. The average Bonchev–Trinajstić information content (AvgIpc) is 2.34. The summed E-state index contributed by atoms with van der Waals surface area (Å²) in [4.78, 5) is 24.3. The van der Waals surface area contributed by atoms with Crippen molar-refractivity contribution in [1.29, 1.82) is 0 Å². The zero-order valence-electron chi connectivity index (χ0n) is 11.3. The van der Waals surface area contributed by atoms with Gasteiger partial charge in [-0.15, -0.1) is 12.4 Å². The number of nitrogens with one attached hydrogen (secondary N) is 1. The number of halogens is 1. The molecule has 0 aromatic heterocycles. The van der Waals surface area contributed by atoms with E-state index in [0.29, 0.717) is 0 Å². The fourth-order valence-electron chi connectivity index (χ4n) is 1.21. The molecule has 0 aliphatic carbocycles. The van der Waals surface area contributed by atoms with Crippen LogP contribution in [-0.4, -0.2) is 54.4 Å². The number of hydrogen-bond donors (Lipinski definition) is 2. The molecular formula is C11H24ClN3O2S. The summed E-state index contributed by atoms with van der Waals surface area (Å²) in [7, 11) is 1.76. The summed E-state index contributed by atoms with van der Waals surface area (Å²) in [5.41, 5.74) is 5.14. The molecule has 0 heterocycles. The second kappa shape index (κ2) is 11.6. The number of nitrogens with two attached hydrogens (primary N) is 1. The van der Waals surface area contributed by atoms with Gasteiger partial charge in [0, 0.05) is 13.1 Å². The van der Waals surface area contributed by atoms with E-state index in [1.54, 1.807) is 11.9 Å². The van der Waals surface area contributed by atoms with E-state index >= 15 is 0 Å². The fraction of sp³-hybridized carbons (Fsp3) is 0.818. The number of likely N-dealkylation sites (N-methyl/N-ethyl adjacent to an activating group) is 1. The van der Waals surface area contributed by atoms with Crippen LogP contribution >= 0.6 is 24.2 Å². The molecule has 0 aliphatic rings. The van der Waals surface area contributed by atoms with Crippen LogP contribution in [0.3, 0.4) is 0 Å². The minimum atomic E-state index is -0.305. The van der Waals surface area contributed by atoms with E-state index in [4.69, 9.17) is 5.73 Å². The molecule has 0 saturated carbocycles. The normalized spacial score (nSPS) is 11.3. The van der Waals surface area contributed by atoms with E-state index in [1.165, 1.54) is 0 Å². The Morgan fingerprint density at radius 1 is 1.44 bits per heavy atom. The van der Waals surface area contributed by atoms with Crippen LogP contribution in [0.2, 0.25) is 0 Å². The largest absolute Gasteiger partial charge is 0.346 e. The molecular weight excluding hydrogens is 274 g/mol. The molecule has 108 valence electrons. The summed E-state index contributed by atoms with van der Waals surface area (Å²) in [5, 5.41) is 2.47. The highest BCUT2D eigenvalue weighted by molar-refractivity contribution is 7.99. The molecule has 0 spiro atoms. The molecule has 1 unspecified atom stereocenters. The summed E-state index contributed by atoms with van der Waals surface area (Å²) in [5.74, 6) is 1.75. The Labute approximate surface area is 120 Å². The quantitative estimate of drug-likeness (QED) is 0.639. The van der Waals surface area contributed by atoms with Crippen molar-refractivity contribution < 1.29 is 9.59 Å². The van der Waals surface area contributed by atoms with Gasteiger partial charge in [-0.05, 0) is 24.9 Å². The predicted molar refractivity (Wildman–Crippen MR) is 79.2 cm³/mol. The Balaban J connectivity index is 0. The van der Waals surface area contributed by atoms with Gasteiger partial charge in [0.15, 0.2) is 0 Å². The summed E-state index contributed by atoms with van der Waals surface area (Å²) < 4.78 is 0. The van der Waals surface area contributed by atoms with Crippen molar-refractivity contribution in [3.8, 4) is 0 Å². The third-order valence-electron chi connectivity index (χ3n) is 2.56. The average molecular weight is 298 g/mol. The molecule has 2 amide bonds. The Bertz CT molecular complexity index is 254. The zero-order chi connectivity index (χ0) is 13.3. The van der Waals surface area contributed by atoms with Gasteiger partial charge in [-0.25, -0.2) is 0 Å². The SMILES string of the molecule is CCSCCC(C)N(C)C(=O)CNC(=O)CN.Cl. The molecule has 3 N–H and O–H groups in total. The van der Waals surface area contributed by atoms with Crippen LogP contribution in [-0.2, 0) is 9.59 Å². The summed E-state index contributed by atoms with van der Waals surface area (Å²) >= 11 is 1.86. The van der Waals surface area contributed by atoms with Crippen molar-refractivity contribution in [3.05, 3.63) is 0 Å². The van der Waals surface area contributed by atoms with E-state index < -0.39 is 0 Å². The van der Waals surface area contributed by atoms with Gasteiger partial charge in [0.2, 0.25) is 11.8 Å². The number of nitrogens with zero attached hydrogens (tertiary/aromatic N) is 1. The first kappa shape index (κ1) is 19.9. The third kappa shape index (κ3) is 8.60. The topological polar surface area (TPSA) is 75.4 Å². The van der Waals surface area contributed by atoms with E-state index in [1.807, 2.05) is 18.7 Å². The maximum absolute atomic E-state index is 11.7. The van der Waals surface area contributed by atoms with Crippen LogP contribution in [0.25, 0.3) is 0 Å². The van der Waals surface area contributed by atoms with Crippen molar-refractivity contribution in [2.24, 2.45) is 5.73 Å². The Morgan fingerprint density at radius 3 is 2.56 bits per heavy atom. The summed E-state index contributed by atoms with van der Waals surface area (Å²) in [6.07, 6.45) is 0.964. The van der Waals surface area contributed by atoms with E-state index in [-0.39, 0.29) is 43.4 Å². The van der Waals surface area contributed by atoms with Crippen molar-refractivity contribution >= 4 is 36.0 Å². The minimum absolute atomic E-state index is 0. The van der Waals surface area contributed by atoms with Gasteiger partial charge < -0.3 is 16.0 Å². The highest BCUT2D eigenvalue weighted by atomic mass is 35.5. The van der Waals surface area contributed by atoms with E-state index in [0.717, 1.165) is 17.9 Å². The fourth-order valence-corrected chi connectivity index (χ4v) is 2.01. The van der Waals surface area contributed by atoms with E-state index in [9.17, 15) is 9.59 Å². The predicted octanol–water partition coefficient (Wildman–Crippen LogP) is 0.473. The minimum Gasteiger partial charge on any atom is -0.346 e. The first-order valence-electron chi connectivity index (χ1n) is 5.83. The summed E-state index contributed by atoms with van der Waals surface area (Å²) in [6, 6.07) is 0.191. The van der Waals surface area contributed by atoms with Crippen LogP contribution in [0, 0.1) is 0 Å². The lowest BCUT2D eigenvalue weighted by Gasteiger charge is -2.25. The number of amides is 2. The van der Waals surface area contributed by atoms with Crippen LogP contribution in [0.4, 0.5) is 0 Å². The molecule has 0 rings (SSSR count). The van der Waals surface area contributed by atoms with Gasteiger partial charge in [0.25, 0.3) is 0 Å². The Hall–Kier alpha value is -0.460. The second-order valence-electron chi connectivity index (χ2n) is 3.82. The number of rotatable bonds is 8. The van der Waals surface area contributed by atoms with Crippen LogP contribution in [0.5, 0.6) is 0 Å². The van der Waals surface area contributed by atoms with Gasteiger partial charge in [-0.3, -0.25) is 9.59 Å². The van der Waals surface area contributed by atoms with Gasteiger partial charge in [0.05, 0.1) is 13.1 Å². The van der Waals surface area contributed by atoms with Crippen LogP contribution in [0.1, 0.15) is 20.3 Å². The molecule has 0 fully saturated rings. The standard InChI is InChI=1S/C11H23N3O2S.ClH/c1-4-17-6-5-9(2)14(3)11(16)8-13-10(15)7-12;/h9H,4-8,12H2,1-3H3,(H,13,15);1H. The molecule has 18 heavy (non-hydrogen) atoms. The van der Waals surface area contributed by atoms with Gasteiger partial charge >= 0.3 is 0 Å². The zero-order valence-corrected chi connectivity index (χ0v) is 12.9. The highest BCUT2D eigenvalue weighted by Gasteiger charge is 2.15. The third-order valence-corrected chi connectivity index (χ3v) is 3.49. The van der Waals surface area contributed by atoms with E-state index in [2.05, 4.69) is 12.2 Å². The van der Waals surface area contributed by atoms with Gasteiger partial charge in [-0.2, -0.15) is 11.8 Å². The number of thioether (sulfide) groups is 1. The van der Waals surface area contributed by atoms with Crippen LogP contribution < -0.4 is 11.1 Å². The first-order chi connectivity index (χ1) is 8.02. The maximum atomic E-state index is 11.7. The number of carbonyl (C=O) groups is 2. The second-order valence-corrected chi connectivity index (χ2v) is 5.21. The molecule has 0 aromatic rings. The smallest absolute Gasteiger partial charge is 0.241 e. The lowest BCUT2D eigenvalue weighted by Crippen LogP contribution is -2.43. The maximum Gasteiger partial charge on any atom is 0.241 e. The molecule has 1 atom stereocenters. The molecule has 0 aliphatic heterocycles. The lowest BCUT2D eigenvalue weighted by atomic mass is 10.2. The highest BCUT2D eigenvalue weighted by Crippen LogP contribution is 2.08. The monoisotopic (exact) mass is 297 g/mol. The summed E-state index contributed by atoms with van der Waals surface area (Å²) in [6.45, 7) is 4.07. The Morgan fingerprint density at radius 2 is 2.06 bits per heavy atom. The molecule has 5 nitrogen and oxygen atoms in total. The van der Waals surface area contributed by atoms with Crippen molar-refractivity contribution in [1.82, 2.24) is 10.2 Å². The molecule has 0 radical (unpaired) electrons. The molecule has 0 aromatic carbocycles. The molecule has 0 bridgehead atoms. The molecule has 7 heteroatoms. The van der Waals surface area contributed by atoms with Crippen molar-refractivity contribution in [3.63, 3.8) is 0 Å². The number of carbonyl (C=O) groups excluding carboxylic acids is 2.